The number of hydrogen-bond donors (Lipinski definition) is 3. The Morgan fingerprint density at radius 3 is 2.63 bits per heavy atom. The highest BCUT2D eigenvalue weighted by atomic mass is 35.5. The summed E-state index contributed by atoms with van der Waals surface area (Å²) in [4.78, 5) is 0. The average Bonchev–Trinajstić information content (AvgIpc) is 2.87. The number of rotatable bonds is 5. The molecule has 1 heterocycles. The Morgan fingerprint density at radius 1 is 1.32 bits per heavy atom. The number of halogens is 1. The molecule has 19 heavy (non-hydrogen) atoms. The molecule has 0 unspecified atom stereocenters. The number of benzene rings is 1. The second kappa shape index (κ2) is 5.70. The van der Waals surface area contributed by atoms with Crippen molar-refractivity contribution in [1.82, 2.24) is 14.9 Å². The third kappa shape index (κ3) is 3.32. The summed E-state index contributed by atoms with van der Waals surface area (Å²) in [5.74, 6) is 0. The van der Waals surface area contributed by atoms with Crippen molar-refractivity contribution in [3.05, 3.63) is 46.6 Å². The molecule has 0 saturated heterocycles. The molecule has 1 aromatic heterocycles. The van der Waals surface area contributed by atoms with Gasteiger partial charge in [0.05, 0.1) is 6.20 Å². The van der Waals surface area contributed by atoms with E-state index in [-0.39, 0.29) is 18.1 Å². The van der Waals surface area contributed by atoms with Crippen molar-refractivity contribution in [1.29, 1.82) is 0 Å². The third-order valence-corrected chi connectivity index (χ3v) is 4.21. The summed E-state index contributed by atoms with van der Waals surface area (Å²) in [5, 5.41) is 6.73. The average molecular weight is 301 g/mol. The molecule has 0 fully saturated rings. The first-order chi connectivity index (χ1) is 9.03. The van der Waals surface area contributed by atoms with E-state index in [0.717, 1.165) is 5.56 Å². The fourth-order valence-electron chi connectivity index (χ4n) is 1.53. The highest BCUT2D eigenvalue weighted by Gasteiger charge is 2.19. The van der Waals surface area contributed by atoms with Crippen molar-refractivity contribution in [2.75, 3.05) is 0 Å². The van der Waals surface area contributed by atoms with Gasteiger partial charge < -0.3 is 5.73 Å². The number of nitrogens with one attached hydrogen (secondary N) is 2. The molecule has 0 saturated carbocycles. The van der Waals surface area contributed by atoms with E-state index in [1.54, 1.807) is 24.3 Å². The highest BCUT2D eigenvalue weighted by molar-refractivity contribution is 7.89. The number of aromatic amines is 1. The molecule has 0 atom stereocenters. The molecular formula is C11H13ClN4O2S. The van der Waals surface area contributed by atoms with Crippen LogP contribution in [0.1, 0.15) is 11.1 Å². The molecular weight excluding hydrogens is 288 g/mol. The van der Waals surface area contributed by atoms with Crippen LogP contribution < -0.4 is 10.5 Å². The Morgan fingerprint density at radius 2 is 2.00 bits per heavy atom. The van der Waals surface area contributed by atoms with E-state index in [1.165, 1.54) is 6.20 Å². The molecule has 8 heteroatoms. The largest absolute Gasteiger partial charge is 0.326 e. The molecule has 0 spiro atoms. The van der Waals surface area contributed by atoms with Crippen LogP contribution in [0.5, 0.6) is 0 Å². The highest BCUT2D eigenvalue weighted by Crippen LogP contribution is 2.13. The Kier molecular flexibility index (Phi) is 4.20. The number of sulfonamides is 1. The molecule has 0 aliphatic heterocycles. The molecule has 0 aliphatic rings. The number of nitrogens with zero attached hydrogens (tertiary/aromatic N) is 1. The zero-order valence-electron chi connectivity index (χ0n) is 9.93. The second-order valence-electron chi connectivity index (χ2n) is 3.88. The van der Waals surface area contributed by atoms with E-state index in [0.29, 0.717) is 10.6 Å². The predicted octanol–water partition coefficient (Wildman–Crippen LogP) is 1.00. The first-order valence-electron chi connectivity index (χ1n) is 5.49. The van der Waals surface area contributed by atoms with E-state index in [1.807, 2.05) is 0 Å². The van der Waals surface area contributed by atoms with Crippen LogP contribution in [-0.2, 0) is 23.1 Å². The molecule has 1 aromatic carbocycles. The quantitative estimate of drug-likeness (QED) is 0.767. The summed E-state index contributed by atoms with van der Waals surface area (Å²) in [6.07, 6.45) is 1.40. The van der Waals surface area contributed by atoms with Crippen LogP contribution in [0, 0.1) is 0 Å². The van der Waals surface area contributed by atoms with E-state index in [9.17, 15) is 8.42 Å². The van der Waals surface area contributed by atoms with Crippen LogP contribution in [0.2, 0.25) is 5.02 Å². The number of hydrogen-bond acceptors (Lipinski definition) is 4. The number of nitrogens with two attached hydrogens (primary N) is 1. The maximum absolute atomic E-state index is 12.0. The molecule has 6 nitrogen and oxygen atoms in total. The summed E-state index contributed by atoms with van der Waals surface area (Å²) < 4.78 is 26.6. The lowest BCUT2D eigenvalue weighted by atomic mass is 10.2. The Labute approximate surface area is 116 Å². The van der Waals surface area contributed by atoms with Gasteiger partial charge in [0.2, 0.25) is 0 Å². The second-order valence-corrected chi connectivity index (χ2v) is 6.02. The lowest BCUT2D eigenvalue weighted by Crippen LogP contribution is -2.25. The zero-order chi connectivity index (χ0) is 13.9. The van der Waals surface area contributed by atoms with Crippen molar-refractivity contribution in [2.24, 2.45) is 5.73 Å². The SMILES string of the molecule is NCc1cn[nH]c1S(=O)(=O)NCc1ccc(Cl)cc1. The van der Waals surface area contributed by atoms with Crippen molar-refractivity contribution in [2.45, 2.75) is 18.1 Å². The fraction of sp³-hybridized carbons (Fsp3) is 0.182. The minimum Gasteiger partial charge on any atom is -0.326 e. The zero-order valence-corrected chi connectivity index (χ0v) is 11.5. The molecule has 2 aromatic rings. The molecule has 2 rings (SSSR count). The molecule has 4 N–H and O–H groups in total. The van der Waals surface area contributed by atoms with Crippen LogP contribution in [0.25, 0.3) is 0 Å². The normalized spacial score (nSPS) is 11.7. The summed E-state index contributed by atoms with van der Waals surface area (Å²) in [6, 6.07) is 6.91. The van der Waals surface area contributed by atoms with Gasteiger partial charge in [0.25, 0.3) is 10.0 Å². The number of H-pyrrole nitrogens is 1. The minimum absolute atomic E-state index is 0.00367. The molecule has 102 valence electrons. The maximum atomic E-state index is 12.0. The van der Waals surface area contributed by atoms with Crippen LogP contribution >= 0.6 is 11.6 Å². The lowest BCUT2D eigenvalue weighted by Gasteiger charge is -2.06. The third-order valence-electron chi connectivity index (χ3n) is 2.55. The summed E-state index contributed by atoms with van der Waals surface area (Å²) >= 11 is 5.76. The topological polar surface area (TPSA) is 101 Å². The summed E-state index contributed by atoms with van der Waals surface area (Å²) in [6.45, 7) is 0.274. The van der Waals surface area contributed by atoms with E-state index in [4.69, 9.17) is 17.3 Å². The van der Waals surface area contributed by atoms with Gasteiger partial charge in [0.15, 0.2) is 5.03 Å². The van der Waals surface area contributed by atoms with Gasteiger partial charge in [-0.15, -0.1) is 0 Å². The standard InChI is InChI=1S/C11H13ClN4O2S/c12-10-3-1-8(2-4-10)6-15-19(17,18)11-9(5-13)7-14-16-11/h1-4,7,15H,5-6,13H2,(H,14,16). The van der Waals surface area contributed by atoms with Gasteiger partial charge in [0.1, 0.15) is 0 Å². The van der Waals surface area contributed by atoms with Crippen LogP contribution in [0.3, 0.4) is 0 Å². The van der Waals surface area contributed by atoms with Crippen molar-refractivity contribution >= 4 is 21.6 Å². The van der Waals surface area contributed by atoms with E-state index < -0.39 is 10.0 Å². The van der Waals surface area contributed by atoms with Crippen LogP contribution in [0.4, 0.5) is 0 Å². The van der Waals surface area contributed by atoms with Gasteiger partial charge in [-0.3, -0.25) is 5.10 Å². The molecule has 0 bridgehead atoms. The summed E-state index contributed by atoms with van der Waals surface area (Å²) in [5.41, 5.74) is 6.70. The minimum atomic E-state index is -3.65. The van der Waals surface area contributed by atoms with Crippen LogP contribution in [0.15, 0.2) is 35.5 Å². The predicted molar refractivity (Wildman–Crippen MR) is 72.0 cm³/mol. The van der Waals surface area contributed by atoms with Crippen molar-refractivity contribution < 1.29 is 8.42 Å². The first-order valence-corrected chi connectivity index (χ1v) is 7.35. The molecule has 0 radical (unpaired) electrons. The Balaban J connectivity index is 2.12. The molecule has 0 aliphatic carbocycles. The van der Waals surface area contributed by atoms with E-state index in [2.05, 4.69) is 14.9 Å². The van der Waals surface area contributed by atoms with E-state index >= 15 is 0 Å². The van der Waals surface area contributed by atoms with Gasteiger partial charge >= 0.3 is 0 Å². The van der Waals surface area contributed by atoms with Gasteiger partial charge in [-0.05, 0) is 17.7 Å². The Bertz CT molecular complexity index is 652. The van der Waals surface area contributed by atoms with Gasteiger partial charge in [-0.25, -0.2) is 13.1 Å². The number of aromatic nitrogens is 2. The van der Waals surface area contributed by atoms with Gasteiger partial charge in [-0.1, -0.05) is 23.7 Å². The van der Waals surface area contributed by atoms with Gasteiger partial charge in [-0.2, -0.15) is 5.10 Å². The maximum Gasteiger partial charge on any atom is 0.258 e. The summed E-state index contributed by atoms with van der Waals surface area (Å²) in [7, 11) is -3.65. The molecule has 0 amide bonds. The van der Waals surface area contributed by atoms with Crippen molar-refractivity contribution in [3.8, 4) is 0 Å². The first kappa shape index (κ1) is 14.0. The van der Waals surface area contributed by atoms with Gasteiger partial charge in [0, 0.05) is 23.7 Å². The fourth-order valence-corrected chi connectivity index (χ4v) is 2.81. The van der Waals surface area contributed by atoms with Crippen LogP contribution in [-0.4, -0.2) is 18.6 Å². The monoisotopic (exact) mass is 300 g/mol. The lowest BCUT2D eigenvalue weighted by molar-refractivity contribution is 0.575. The van der Waals surface area contributed by atoms with Crippen molar-refractivity contribution in [3.63, 3.8) is 0 Å². The Hall–Kier alpha value is -1.41. The smallest absolute Gasteiger partial charge is 0.258 e.